The maximum Gasteiger partial charge on any atom is 0.222 e. The van der Waals surface area contributed by atoms with Gasteiger partial charge in [-0.3, -0.25) is 4.79 Å². The monoisotopic (exact) mass is 315 g/mol. The Bertz CT molecular complexity index is 244. The molecule has 22 heavy (non-hydrogen) atoms. The Balaban J connectivity index is 0. The fourth-order valence-corrected chi connectivity index (χ4v) is 2.11. The average Bonchev–Trinajstić information content (AvgIpc) is 2.51. The molecule has 0 aliphatic carbocycles. The van der Waals surface area contributed by atoms with Gasteiger partial charge in [-0.2, -0.15) is 0 Å². The van der Waals surface area contributed by atoms with Crippen molar-refractivity contribution in [2.45, 2.75) is 59.3 Å². The summed E-state index contributed by atoms with van der Waals surface area (Å²) in [6.45, 7) is 10.3. The van der Waals surface area contributed by atoms with Crippen molar-refractivity contribution in [1.29, 1.82) is 0 Å². The fraction of sp³-hybridized carbons (Fsp3) is 0.944. The van der Waals surface area contributed by atoms with Gasteiger partial charge in [0.1, 0.15) is 0 Å². The van der Waals surface area contributed by atoms with Crippen molar-refractivity contribution in [1.82, 2.24) is 14.7 Å². The van der Waals surface area contributed by atoms with Crippen LogP contribution in [0.15, 0.2) is 0 Å². The lowest BCUT2D eigenvalue weighted by Gasteiger charge is -2.19. The van der Waals surface area contributed by atoms with Crippen LogP contribution in [0.3, 0.4) is 0 Å². The van der Waals surface area contributed by atoms with E-state index >= 15 is 0 Å². The van der Waals surface area contributed by atoms with Gasteiger partial charge in [-0.05, 0) is 60.0 Å². The summed E-state index contributed by atoms with van der Waals surface area (Å²) in [6.07, 6.45) is 6.45. The number of nitrogens with zero attached hydrogens (tertiary/aromatic N) is 3. The molecule has 0 radical (unpaired) electrons. The Hall–Kier alpha value is -0.610. The van der Waals surface area contributed by atoms with Crippen LogP contribution in [0.4, 0.5) is 0 Å². The Labute approximate surface area is 139 Å². The molecule has 0 bridgehead atoms. The third-order valence-electron chi connectivity index (χ3n) is 3.74. The molecule has 0 aromatic carbocycles. The van der Waals surface area contributed by atoms with Crippen LogP contribution >= 0.6 is 0 Å². The van der Waals surface area contributed by atoms with E-state index in [0.717, 1.165) is 39.0 Å². The number of carbonyl (C=O) groups excluding carboxylic acids is 1. The first-order chi connectivity index (χ1) is 10.5. The van der Waals surface area contributed by atoms with E-state index in [4.69, 9.17) is 0 Å². The second kappa shape index (κ2) is 16.8. The zero-order chi connectivity index (χ0) is 17.4. The van der Waals surface area contributed by atoms with Crippen LogP contribution in [0.2, 0.25) is 0 Å². The normalized spacial score (nSPS) is 10.6. The van der Waals surface area contributed by atoms with Crippen molar-refractivity contribution in [2.75, 3.05) is 54.4 Å². The molecule has 0 saturated heterocycles. The smallest absolute Gasteiger partial charge is 0.222 e. The first kappa shape index (κ1) is 23.7. The van der Waals surface area contributed by atoms with Crippen LogP contribution in [0.5, 0.6) is 0 Å². The first-order valence-electron chi connectivity index (χ1n) is 9.04. The highest BCUT2D eigenvalue weighted by atomic mass is 16.2. The van der Waals surface area contributed by atoms with E-state index < -0.39 is 0 Å². The van der Waals surface area contributed by atoms with E-state index in [1.165, 1.54) is 19.3 Å². The van der Waals surface area contributed by atoms with Crippen molar-refractivity contribution in [3.8, 4) is 0 Å². The minimum absolute atomic E-state index is 0.303. The van der Waals surface area contributed by atoms with E-state index in [-0.39, 0.29) is 0 Å². The lowest BCUT2D eigenvalue weighted by atomic mass is 10.1. The quantitative estimate of drug-likeness (QED) is 0.517. The Morgan fingerprint density at radius 2 is 1.36 bits per heavy atom. The summed E-state index contributed by atoms with van der Waals surface area (Å²) in [5.41, 5.74) is 0. The van der Waals surface area contributed by atoms with Crippen LogP contribution in [0.1, 0.15) is 59.3 Å². The lowest BCUT2D eigenvalue weighted by Crippen LogP contribution is -2.30. The minimum Gasteiger partial charge on any atom is -0.346 e. The third kappa shape index (κ3) is 15.8. The van der Waals surface area contributed by atoms with Crippen molar-refractivity contribution in [3.05, 3.63) is 0 Å². The van der Waals surface area contributed by atoms with Crippen molar-refractivity contribution < 1.29 is 4.79 Å². The number of unbranched alkanes of at least 4 members (excludes halogenated alkanes) is 3. The summed E-state index contributed by atoms with van der Waals surface area (Å²) in [5, 5.41) is 0. The summed E-state index contributed by atoms with van der Waals surface area (Å²) in [7, 11) is 8.26. The zero-order valence-corrected chi connectivity index (χ0v) is 16.3. The van der Waals surface area contributed by atoms with Crippen LogP contribution in [-0.2, 0) is 4.79 Å². The van der Waals surface area contributed by atoms with E-state index in [2.05, 4.69) is 37.9 Å². The van der Waals surface area contributed by atoms with Gasteiger partial charge in [0, 0.05) is 20.0 Å². The van der Waals surface area contributed by atoms with Gasteiger partial charge in [-0.1, -0.05) is 33.6 Å². The Kier molecular flexibility index (Phi) is 18.0. The molecule has 0 spiro atoms. The van der Waals surface area contributed by atoms with Crippen molar-refractivity contribution in [2.24, 2.45) is 0 Å². The predicted molar refractivity (Wildman–Crippen MR) is 98.4 cm³/mol. The van der Waals surface area contributed by atoms with Crippen LogP contribution in [-0.4, -0.2) is 75.0 Å². The molecule has 0 aliphatic heterocycles. The van der Waals surface area contributed by atoms with Gasteiger partial charge in [-0.25, -0.2) is 0 Å². The summed E-state index contributed by atoms with van der Waals surface area (Å²) >= 11 is 0. The summed E-state index contributed by atoms with van der Waals surface area (Å²) in [5.74, 6) is 0.303. The first-order valence-corrected chi connectivity index (χ1v) is 9.04. The van der Waals surface area contributed by atoms with E-state index in [0.29, 0.717) is 12.3 Å². The highest BCUT2D eigenvalue weighted by Crippen LogP contribution is 2.05. The molecule has 0 N–H and O–H groups in total. The summed E-state index contributed by atoms with van der Waals surface area (Å²) < 4.78 is 0. The van der Waals surface area contributed by atoms with Gasteiger partial charge in [0.05, 0.1) is 0 Å². The van der Waals surface area contributed by atoms with Gasteiger partial charge in [0.2, 0.25) is 5.91 Å². The molecule has 0 saturated carbocycles. The number of amides is 1. The van der Waals surface area contributed by atoms with Gasteiger partial charge >= 0.3 is 0 Å². The molecule has 0 aliphatic rings. The number of hydrogen-bond donors (Lipinski definition) is 0. The van der Waals surface area contributed by atoms with Gasteiger partial charge in [0.25, 0.3) is 0 Å². The van der Waals surface area contributed by atoms with E-state index in [9.17, 15) is 4.79 Å². The lowest BCUT2D eigenvalue weighted by molar-refractivity contribution is -0.130. The number of hydrogen-bond acceptors (Lipinski definition) is 3. The Morgan fingerprint density at radius 3 is 1.91 bits per heavy atom. The van der Waals surface area contributed by atoms with Crippen LogP contribution in [0.25, 0.3) is 0 Å². The highest BCUT2D eigenvalue weighted by molar-refractivity contribution is 5.75. The number of carbonyl (C=O) groups is 1. The molecule has 0 atom stereocenters. The Morgan fingerprint density at radius 1 is 0.773 bits per heavy atom. The second-order valence-corrected chi connectivity index (χ2v) is 6.03. The fourth-order valence-electron chi connectivity index (χ4n) is 2.11. The molecule has 4 heteroatoms. The largest absolute Gasteiger partial charge is 0.346 e. The molecule has 0 heterocycles. The molecule has 0 aromatic rings. The van der Waals surface area contributed by atoms with Crippen molar-refractivity contribution >= 4 is 5.91 Å². The molecule has 134 valence electrons. The summed E-state index contributed by atoms with van der Waals surface area (Å²) in [6, 6.07) is 0. The van der Waals surface area contributed by atoms with Crippen molar-refractivity contribution in [3.63, 3.8) is 0 Å². The topological polar surface area (TPSA) is 26.8 Å². The standard InChI is InChI=1S/C16H35N3O.C2H6/c1-6-18(4)14-11-15-19(5)16(20)12-9-7-8-10-13-17(2)3;1-2/h6-15H2,1-5H3;1-2H3. The van der Waals surface area contributed by atoms with Gasteiger partial charge in [0.15, 0.2) is 0 Å². The third-order valence-corrected chi connectivity index (χ3v) is 3.74. The average molecular weight is 316 g/mol. The molecule has 0 aromatic heterocycles. The van der Waals surface area contributed by atoms with E-state index in [1.54, 1.807) is 0 Å². The van der Waals surface area contributed by atoms with Crippen LogP contribution in [0, 0.1) is 0 Å². The molecular weight excluding hydrogens is 274 g/mol. The van der Waals surface area contributed by atoms with Gasteiger partial charge in [-0.15, -0.1) is 0 Å². The predicted octanol–water partition coefficient (Wildman–Crippen LogP) is 3.32. The maximum absolute atomic E-state index is 11.9. The maximum atomic E-state index is 11.9. The molecule has 0 rings (SSSR count). The van der Waals surface area contributed by atoms with Gasteiger partial charge < -0.3 is 14.7 Å². The zero-order valence-electron chi connectivity index (χ0n) is 16.3. The molecular formula is C18H41N3O. The second-order valence-electron chi connectivity index (χ2n) is 6.03. The molecule has 1 amide bonds. The number of rotatable bonds is 12. The molecule has 0 fully saturated rings. The minimum atomic E-state index is 0.303. The molecule has 4 nitrogen and oxygen atoms in total. The summed E-state index contributed by atoms with van der Waals surface area (Å²) in [4.78, 5) is 18.3. The van der Waals surface area contributed by atoms with Crippen LogP contribution < -0.4 is 0 Å². The molecule has 0 unspecified atom stereocenters. The SMILES string of the molecule is CC.CCN(C)CCCN(C)C(=O)CCCCCCN(C)C. The van der Waals surface area contributed by atoms with E-state index in [1.807, 2.05) is 25.8 Å². The highest BCUT2D eigenvalue weighted by Gasteiger charge is 2.08.